The van der Waals surface area contributed by atoms with Gasteiger partial charge in [0.05, 0.1) is 24.5 Å². The number of nitrogens with zero attached hydrogens (tertiary/aromatic N) is 1. The number of nitro benzene ring substituents is 1. The molecule has 0 bridgehead atoms. The number of carboxylic acid groups (broad SMARTS) is 1. The van der Waals surface area contributed by atoms with E-state index in [1.54, 1.807) is 6.07 Å². The third-order valence-electron chi connectivity index (χ3n) is 3.06. The molecule has 8 nitrogen and oxygen atoms in total. The van der Waals surface area contributed by atoms with Gasteiger partial charge in [-0.15, -0.1) is 11.8 Å². The highest BCUT2D eigenvalue weighted by Crippen LogP contribution is 2.42. The van der Waals surface area contributed by atoms with Crippen LogP contribution < -0.4 is 14.8 Å². The van der Waals surface area contributed by atoms with Gasteiger partial charge in [0.2, 0.25) is 5.75 Å². The van der Waals surface area contributed by atoms with E-state index in [0.29, 0.717) is 11.3 Å². The number of nitro groups is 1. The van der Waals surface area contributed by atoms with Crippen molar-refractivity contribution in [1.29, 1.82) is 0 Å². The third kappa shape index (κ3) is 3.03. The molecule has 1 aliphatic rings. The second kappa shape index (κ2) is 6.19. The number of nitrogens with one attached hydrogen (secondary N) is 1. The van der Waals surface area contributed by atoms with Crippen molar-refractivity contribution in [2.75, 3.05) is 20.0 Å². The van der Waals surface area contributed by atoms with Gasteiger partial charge in [-0.3, -0.25) is 20.2 Å². The zero-order chi connectivity index (χ0) is 15.6. The van der Waals surface area contributed by atoms with Gasteiger partial charge in [0, 0.05) is 11.8 Å². The third-order valence-corrected chi connectivity index (χ3v) is 4.33. The first-order chi connectivity index (χ1) is 9.97. The van der Waals surface area contributed by atoms with Crippen LogP contribution in [0.3, 0.4) is 0 Å². The zero-order valence-corrected chi connectivity index (χ0v) is 12.2. The molecule has 0 unspecified atom stereocenters. The van der Waals surface area contributed by atoms with Crippen molar-refractivity contribution < 1.29 is 24.3 Å². The van der Waals surface area contributed by atoms with Crippen LogP contribution in [0, 0.1) is 10.1 Å². The lowest BCUT2D eigenvalue weighted by atomic mass is 10.1. The summed E-state index contributed by atoms with van der Waals surface area (Å²) < 4.78 is 10.1. The van der Waals surface area contributed by atoms with Gasteiger partial charge in [0.25, 0.3) is 0 Å². The van der Waals surface area contributed by atoms with E-state index in [9.17, 15) is 14.9 Å². The molecular weight excluding hydrogens is 300 g/mol. The Labute approximate surface area is 124 Å². The van der Waals surface area contributed by atoms with Crippen LogP contribution in [0.4, 0.5) is 5.69 Å². The van der Waals surface area contributed by atoms with E-state index in [4.69, 9.17) is 14.6 Å². The number of carboxylic acids is 1. The van der Waals surface area contributed by atoms with Gasteiger partial charge in [-0.05, 0) is 11.6 Å². The fraction of sp³-hybridized carbons (Fsp3) is 0.417. The van der Waals surface area contributed by atoms with E-state index in [-0.39, 0.29) is 22.6 Å². The average Bonchev–Trinajstić information content (AvgIpc) is 2.95. The number of aliphatic carboxylic acids is 1. The maximum atomic E-state index is 11.1. The number of rotatable bonds is 5. The van der Waals surface area contributed by atoms with Crippen molar-refractivity contribution in [3.63, 3.8) is 0 Å². The summed E-state index contributed by atoms with van der Waals surface area (Å²) in [5, 5.41) is 22.7. The summed E-state index contributed by atoms with van der Waals surface area (Å²) in [5.74, 6) is -0.269. The molecule has 2 N–H and O–H groups in total. The second-order valence-corrected chi connectivity index (χ2v) is 5.44. The van der Waals surface area contributed by atoms with Crippen LogP contribution in [0.15, 0.2) is 12.1 Å². The minimum atomic E-state index is -0.944. The van der Waals surface area contributed by atoms with E-state index in [2.05, 4.69) is 5.32 Å². The van der Waals surface area contributed by atoms with Crippen LogP contribution in [0.2, 0.25) is 0 Å². The molecule has 0 amide bonds. The van der Waals surface area contributed by atoms with Crippen molar-refractivity contribution in [2.24, 2.45) is 0 Å². The van der Waals surface area contributed by atoms with Crippen LogP contribution in [-0.4, -0.2) is 42.0 Å². The summed E-state index contributed by atoms with van der Waals surface area (Å²) in [6.45, 7) is 0. The van der Waals surface area contributed by atoms with Gasteiger partial charge >= 0.3 is 11.7 Å². The molecule has 0 radical (unpaired) electrons. The van der Waals surface area contributed by atoms with Gasteiger partial charge in [0.15, 0.2) is 5.75 Å². The number of methoxy groups -OCH3 is 2. The first kappa shape index (κ1) is 15.4. The van der Waals surface area contributed by atoms with Crippen LogP contribution >= 0.6 is 11.8 Å². The minimum Gasteiger partial charge on any atom is -0.493 e. The number of hydrogen-bond acceptors (Lipinski definition) is 7. The summed E-state index contributed by atoms with van der Waals surface area (Å²) in [7, 11) is 2.72. The number of ether oxygens (including phenoxy) is 2. The summed E-state index contributed by atoms with van der Waals surface area (Å²) in [5.41, 5.74) is 0.362. The van der Waals surface area contributed by atoms with E-state index < -0.39 is 16.9 Å². The molecule has 1 aromatic carbocycles. The van der Waals surface area contributed by atoms with Crippen molar-refractivity contribution in [3.05, 3.63) is 27.8 Å². The fourth-order valence-electron chi connectivity index (χ4n) is 2.06. The SMILES string of the molecule is COc1cc([C@H]2N[C@H](C(=O)O)CS2)cc([N+](=O)[O-])c1OC. The lowest BCUT2D eigenvalue weighted by Gasteiger charge is -2.14. The van der Waals surface area contributed by atoms with Crippen LogP contribution in [-0.2, 0) is 4.79 Å². The zero-order valence-electron chi connectivity index (χ0n) is 11.4. The Morgan fingerprint density at radius 2 is 2.19 bits per heavy atom. The van der Waals surface area contributed by atoms with Crippen molar-refractivity contribution >= 4 is 23.4 Å². The van der Waals surface area contributed by atoms with Crippen molar-refractivity contribution in [3.8, 4) is 11.5 Å². The van der Waals surface area contributed by atoms with Gasteiger partial charge in [-0.25, -0.2) is 0 Å². The normalized spacial score (nSPS) is 21.0. The summed E-state index contributed by atoms with van der Waals surface area (Å²) in [6.07, 6.45) is 0. The smallest absolute Gasteiger partial charge is 0.321 e. The van der Waals surface area contributed by atoms with E-state index in [1.807, 2.05) is 0 Å². The van der Waals surface area contributed by atoms with Gasteiger partial charge in [-0.2, -0.15) is 0 Å². The van der Waals surface area contributed by atoms with Gasteiger partial charge in [0.1, 0.15) is 6.04 Å². The highest BCUT2D eigenvalue weighted by Gasteiger charge is 2.32. The molecule has 0 aromatic heterocycles. The molecule has 1 saturated heterocycles. The highest BCUT2D eigenvalue weighted by molar-refractivity contribution is 7.99. The topological polar surface area (TPSA) is 111 Å². The Hall–Kier alpha value is -2.00. The number of thioether (sulfide) groups is 1. The fourth-order valence-corrected chi connectivity index (χ4v) is 3.27. The molecule has 1 aromatic rings. The summed E-state index contributed by atoms with van der Waals surface area (Å²) in [6, 6.07) is 2.31. The van der Waals surface area contributed by atoms with E-state index in [0.717, 1.165) is 0 Å². The number of carbonyl (C=O) groups is 1. The summed E-state index contributed by atoms with van der Waals surface area (Å²) in [4.78, 5) is 21.5. The molecule has 1 heterocycles. The molecule has 2 atom stereocenters. The lowest BCUT2D eigenvalue weighted by molar-refractivity contribution is -0.385. The van der Waals surface area contributed by atoms with Gasteiger partial charge in [-0.1, -0.05) is 0 Å². The molecule has 0 aliphatic carbocycles. The quantitative estimate of drug-likeness (QED) is 0.620. The second-order valence-electron chi connectivity index (χ2n) is 4.30. The Balaban J connectivity index is 2.39. The maximum Gasteiger partial charge on any atom is 0.321 e. The Bertz CT molecular complexity index is 579. The molecule has 1 fully saturated rings. The molecule has 2 rings (SSSR count). The minimum absolute atomic E-state index is 0.0454. The average molecular weight is 314 g/mol. The molecule has 9 heteroatoms. The van der Waals surface area contributed by atoms with Crippen LogP contribution in [0.5, 0.6) is 11.5 Å². The van der Waals surface area contributed by atoms with Crippen LogP contribution in [0.25, 0.3) is 0 Å². The largest absolute Gasteiger partial charge is 0.493 e. The molecule has 0 saturated carbocycles. The Morgan fingerprint density at radius 3 is 2.67 bits per heavy atom. The predicted octanol–water partition coefficient (Wildman–Crippen LogP) is 1.40. The molecule has 0 spiro atoms. The first-order valence-corrected chi connectivity index (χ1v) is 7.03. The van der Waals surface area contributed by atoms with Crippen molar-refractivity contribution in [1.82, 2.24) is 5.32 Å². The Morgan fingerprint density at radius 1 is 1.48 bits per heavy atom. The molecule has 21 heavy (non-hydrogen) atoms. The van der Waals surface area contributed by atoms with Gasteiger partial charge < -0.3 is 14.6 Å². The Kier molecular flexibility index (Phi) is 4.53. The van der Waals surface area contributed by atoms with E-state index in [1.165, 1.54) is 32.0 Å². The summed E-state index contributed by atoms with van der Waals surface area (Å²) >= 11 is 1.37. The highest BCUT2D eigenvalue weighted by atomic mass is 32.2. The lowest BCUT2D eigenvalue weighted by Crippen LogP contribution is -2.33. The number of benzene rings is 1. The number of hydrogen-bond donors (Lipinski definition) is 2. The van der Waals surface area contributed by atoms with Crippen LogP contribution in [0.1, 0.15) is 10.9 Å². The predicted molar refractivity (Wildman–Crippen MR) is 76.0 cm³/mol. The molecule has 114 valence electrons. The van der Waals surface area contributed by atoms with E-state index >= 15 is 0 Å². The first-order valence-electron chi connectivity index (χ1n) is 5.98. The molecular formula is C12H14N2O6S. The van der Waals surface area contributed by atoms with Crippen molar-refractivity contribution in [2.45, 2.75) is 11.4 Å². The maximum absolute atomic E-state index is 11.1. The molecule has 1 aliphatic heterocycles. The standard InChI is InChI=1S/C12H14N2O6S/c1-19-9-4-6(3-8(14(17)18)10(9)20-2)11-13-7(5-21-11)12(15)16/h3-4,7,11,13H,5H2,1-2H3,(H,15,16)/t7-,11-/m0/s1. The monoisotopic (exact) mass is 314 g/mol.